The SMILES string of the molecule is Cc1cc(C)c2c(OCC(=O)N3CCCC3c3nnc4n3CCCCC4)nn(C)c2n1. The predicted molar refractivity (Wildman–Crippen MR) is 115 cm³/mol. The van der Waals surface area contributed by atoms with Crippen molar-refractivity contribution in [2.45, 2.75) is 65.0 Å². The minimum absolute atomic E-state index is 0.0259. The van der Waals surface area contributed by atoms with E-state index in [0.29, 0.717) is 5.88 Å². The second-order valence-electron chi connectivity index (χ2n) is 8.68. The van der Waals surface area contributed by atoms with Crippen molar-refractivity contribution < 1.29 is 9.53 Å². The zero-order valence-corrected chi connectivity index (χ0v) is 18.5. The lowest BCUT2D eigenvalue weighted by Crippen LogP contribution is -2.35. The van der Waals surface area contributed by atoms with Gasteiger partial charge in [-0.3, -0.25) is 4.79 Å². The molecule has 2 aliphatic heterocycles. The number of carbonyl (C=O) groups excluding carboxylic acids is 1. The average molecular weight is 424 g/mol. The molecule has 0 saturated carbocycles. The molecule has 1 fully saturated rings. The van der Waals surface area contributed by atoms with E-state index >= 15 is 0 Å². The summed E-state index contributed by atoms with van der Waals surface area (Å²) in [4.78, 5) is 19.6. The Kier molecular flexibility index (Phi) is 5.11. The molecule has 0 aromatic carbocycles. The van der Waals surface area contributed by atoms with Gasteiger partial charge in [-0.25, -0.2) is 9.67 Å². The molecule has 0 N–H and O–H groups in total. The van der Waals surface area contributed by atoms with Crippen LogP contribution in [0.2, 0.25) is 0 Å². The number of aromatic nitrogens is 6. The number of carbonyl (C=O) groups is 1. The van der Waals surface area contributed by atoms with E-state index in [1.54, 1.807) is 4.68 Å². The highest BCUT2D eigenvalue weighted by Crippen LogP contribution is 2.33. The van der Waals surface area contributed by atoms with Crippen molar-refractivity contribution in [3.05, 3.63) is 29.0 Å². The van der Waals surface area contributed by atoms with Crippen molar-refractivity contribution in [2.24, 2.45) is 7.05 Å². The molecule has 164 valence electrons. The van der Waals surface area contributed by atoms with Crippen LogP contribution in [-0.4, -0.2) is 53.5 Å². The second-order valence-corrected chi connectivity index (χ2v) is 8.68. The molecule has 1 atom stereocenters. The van der Waals surface area contributed by atoms with E-state index in [4.69, 9.17) is 4.74 Å². The first-order valence-corrected chi connectivity index (χ1v) is 11.2. The molecule has 0 spiro atoms. The van der Waals surface area contributed by atoms with E-state index in [1.165, 1.54) is 6.42 Å². The number of pyridine rings is 1. The fraction of sp³-hybridized carbons (Fsp3) is 0.591. The number of rotatable bonds is 4. The van der Waals surface area contributed by atoms with Gasteiger partial charge in [-0.05, 0) is 51.2 Å². The monoisotopic (exact) mass is 423 g/mol. The van der Waals surface area contributed by atoms with E-state index in [-0.39, 0.29) is 18.6 Å². The highest BCUT2D eigenvalue weighted by Gasteiger charge is 2.34. The van der Waals surface area contributed by atoms with Crippen LogP contribution >= 0.6 is 0 Å². The zero-order chi connectivity index (χ0) is 21.5. The van der Waals surface area contributed by atoms with Gasteiger partial charge in [0.2, 0.25) is 5.88 Å². The number of hydrogen-bond donors (Lipinski definition) is 0. The van der Waals surface area contributed by atoms with Gasteiger partial charge < -0.3 is 14.2 Å². The predicted octanol–water partition coefficient (Wildman–Crippen LogP) is 2.65. The summed E-state index contributed by atoms with van der Waals surface area (Å²) in [7, 11) is 1.84. The molecule has 1 unspecified atom stereocenters. The quantitative estimate of drug-likeness (QED) is 0.641. The molecule has 5 heterocycles. The maximum Gasteiger partial charge on any atom is 0.261 e. The third kappa shape index (κ3) is 3.55. The first-order valence-electron chi connectivity index (χ1n) is 11.2. The maximum atomic E-state index is 13.1. The van der Waals surface area contributed by atoms with Gasteiger partial charge in [0.05, 0.1) is 11.4 Å². The van der Waals surface area contributed by atoms with E-state index < -0.39 is 0 Å². The zero-order valence-electron chi connectivity index (χ0n) is 18.5. The van der Waals surface area contributed by atoms with Gasteiger partial charge in [0.15, 0.2) is 18.1 Å². The normalized spacial score (nSPS) is 18.9. The lowest BCUT2D eigenvalue weighted by Gasteiger charge is -2.24. The molecule has 3 aromatic heterocycles. The summed E-state index contributed by atoms with van der Waals surface area (Å²) in [6.07, 6.45) is 6.37. The van der Waals surface area contributed by atoms with Gasteiger partial charge in [-0.1, -0.05) is 6.42 Å². The van der Waals surface area contributed by atoms with E-state index in [2.05, 4.69) is 24.8 Å². The van der Waals surface area contributed by atoms with Gasteiger partial charge in [-0.2, -0.15) is 0 Å². The van der Waals surface area contributed by atoms with Crippen molar-refractivity contribution >= 4 is 16.9 Å². The number of ether oxygens (including phenoxy) is 1. The van der Waals surface area contributed by atoms with Crippen LogP contribution in [0, 0.1) is 13.8 Å². The van der Waals surface area contributed by atoms with Crippen molar-refractivity contribution in [2.75, 3.05) is 13.2 Å². The Labute approximate surface area is 181 Å². The lowest BCUT2D eigenvalue weighted by molar-refractivity contribution is -0.134. The van der Waals surface area contributed by atoms with Gasteiger partial charge >= 0.3 is 0 Å². The number of likely N-dealkylation sites (tertiary alicyclic amines) is 1. The molecule has 3 aromatic rings. The highest BCUT2D eigenvalue weighted by molar-refractivity contribution is 5.86. The number of hydrogen-bond acceptors (Lipinski definition) is 6. The standard InChI is InChI=1S/C22H29N7O2/c1-14-12-15(2)23-21-19(14)22(26-27(21)3)31-13-18(30)28-11-7-8-16(28)20-25-24-17-9-5-4-6-10-29(17)20/h12,16H,4-11,13H2,1-3H3. The molecule has 1 amide bonds. The number of aryl methyl sites for hydroxylation is 4. The largest absolute Gasteiger partial charge is 0.466 e. The molecule has 5 rings (SSSR count). The molecule has 9 heteroatoms. The fourth-order valence-corrected chi connectivity index (χ4v) is 4.95. The molecule has 31 heavy (non-hydrogen) atoms. The van der Waals surface area contributed by atoms with Crippen LogP contribution < -0.4 is 4.74 Å². The molecule has 1 saturated heterocycles. The Morgan fingerprint density at radius 3 is 2.90 bits per heavy atom. The summed E-state index contributed by atoms with van der Waals surface area (Å²) in [5, 5.41) is 14.2. The summed E-state index contributed by atoms with van der Waals surface area (Å²) in [6.45, 7) is 5.59. The number of nitrogens with zero attached hydrogens (tertiary/aromatic N) is 7. The Morgan fingerprint density at radius 1 is 1.16 bits per heavy atom. The van der Waals surface area contributed by atoms with Crippen molar-refractivity contribution in [3.63, 3.8) is 0 Å². The fourth-order valence-electron chi connectivity index (χ4n) is 4.95. The van der Waals surface area contributed by atoms with Crippen LogP contribution in [0.15, 0.2) is 6.07 Å². The minimum Gasteiger partial charge on any atom is -0.466 e. The third-order valence-electron chi connectivity index (χ3n) is 6.43. The topological polar surface area (TPSA) is 91.0 Å². The second kappa shape index (κ2) is 7.94. The smallest absolute Gasteiger partial charge is 0.261 e. The van der Waals surface area contributed by atoms with E-state index in [1.807, 2.05) is 31.9 Å². The number of amides is 1. The Bertz CT molecular complexity index is 1130. The summed E-state index contributed by atoms with van der Waals surface area (Å²) < 4.78 is 9.88. The minimum atomic E-state index is -0.0447. The molecule has 0 radical (unpaired) electrons. The molecule has 0 bridgehead atoms. The van der Waals surface area contributed by atoms with Gasteiger partial charge in [0, 0.05) is 32.3 Å². The number of fused-ring (bicyclic) bond motifs is 2. The highest BCUT2D eigenvalue weighted by atomic mass is 16.5. The summed E-state index contributed by atoms with van der Waals surface area (Å²) in [5.41, 5.74) is 2.75. The van der Waals surface area contributed by atoms with Crippen LogP contribution in [0.4, 0.5) is 0 Å². The Hall–Kier alpha value is -2.97. The molecule has 0 aliphatic carbocycles. The van der Waals surface area contributed by atoms with Gasteiger partial charge in [0.1, 0.15) is 5.82 Å². The first kappa shape index (κ1) is 20.0. The Balaban J connectivity index is 1.34. The van der Waals surface area contributed by atoms with Crippen molar-refractivity contribution in [1.82, 2.24) is 34.4 Å². The van der Waals surface area contributed by atoms with Gasteiger partial charge in [-0.15, -0.1) is 15.3 Å². The Morgan fingerprint density at radius 2 is 2.03 bits per heavy atom. The van der Waals surface area contributed by atoms with E-state index in [9.17, 15) is 4.79 Å². The maximum absolute atomic E-state index is 13.1. The van der Waals surface area contributed by atoms with Gasteiger partial charge in [0.25, 0.3) is 5.91 Å². The van der Waals surface area contributed by atoms with E-state index in [0.717, 1.165) is 79.1 Å². The molecular weight excluding hydrogens is 394 g/mol. The lowest BCUT2D eigenvalue weighted by atomic mass is 10.2. The van der Waals surface area contributed by atoms with Crippen LogP contribution in [0.5, 0.6) is 5.88 Å². The summed E-state index contributed by atoms with van der Waals surface area (Å²) in [6, 6.07) is 1.98. The van der Waals surface area contributed by atoms with Crippen molar-refractivity contribution in [3.8, 4) is 5.88 Å². The van der Waals surface area contributed by atoms with Crippen LogP contribution in [0.3, 0.4) is 0 Å². The van der Waals surface area contributed by atoms with Crippen LogP contribution in [0.1, 0.15) is 61.1 Å². The average Bonchev–Trinajstić information content (AvgIpc) is 3.40. The molecular formula is C22H29N7O2. The molecule has 2 aliphatic rings. The van der Waals surface area contributed by atoms with Crippen LogP contribution in [0.25, 0.3) is 11.0 Å². The van der Waals surface area contributed by atoms with Crippen molar-refractivity contribution in [1.29, 1.82) is 0 Å². The molecule has 9 nitrogen and oxygen atoms in total. The summed E-state index contributed by atoms with van der Waals surface area (Å²) in [5.74, 6) is 2.41. The third-order valence-corrected chi connectivity index (χ3v) is 6.43. The summed E-state index contributed by atoms with van der Waals surface area (Å²) >= 11 is 0. The van der Waals surface area contributed by atoms with Crippen LogP contribution in [-0.2, 0) is 24.8 Å². The first-order chi connectivity index (χ1) is 15.0.